The van der Waals surface area contributed by atoms with Gasteiger partial charge >= 0.3 is 5.69 Å². The Bertz CT molecular complexity index is 591. The maximum atomic E-state index is 11.5. The molecule has 0 saturated heterocycles. The lowest BCUT2D eigenvalue weighted by atomic mass is 10.2. The van der Waals surface area contributed by atoms with E-state index in [0.29, 0.717) is 11.5 Å². The van der Waals surface area contributed by atoms with E-state index in [1.807, 2.05) is 0 Å². The van der Waals surface area contributed by atoms with E-state index in [0.717, 1.165) is 5.56 Å². The second-order valence-electron chi connectivity index (χ2n) is 3.80. The highest BCUT2D eigenvalue weighted by molar-refractivity contribution is 5.59. The van der Waals surface area contributed by atoms with Crippen LogP contribution in [-0.4, -0.2) is 28.7 Å². The molecule has 0 aliphatic heterocycles. The zero-order valence-corrected chi connectivity index (χ0v) is 9.92. The van der Waals surface area contributed by atoms with Gasteiger partial charge in [0.15, 0.2) is 0 Å². The standard InChI is InChI=1S/C11H14N6O/c1-17(6-12)10-14-9(15-11(18)16-10)7-2-4-8(13)5-3-7/h2-5H,6,12-13H2,1H3,(H,14,15,16,18). The first-order chi connectivity index (χ1) is 8.60. The highest BCUT2D eigenvalue weighted by atomic mass is 16.1. The molecule has 0 saturated carbocycles. The molecule has 0 spiro atoms. The number of aromatic nitrogens is 3. The van der Waals surface area contributed by atoms with E-state index < -0.39 is 5.69 Å². The molecule has 7 heteroatoms. The molecule has 0 fully saturated rings. The molecule has 0 bridgehead atoms. The van der Waals surface area contributed by atoms with E-state index >= 15 is 0 Å². The van der Waals surface area contributed by atoms with E-state index in [1.54, 1.807) is 36.2 Å². The maximum absolute atomic E-state index is 11.5. The van der Waals surface area contributed by atoms with Crippen LogP contribution in [-0.2, 0) is 0 Å². The van der Waals surface area contributed by atoms with Gasteiger partial charge in [-0.05, 0) is 24.3 Å². The van der Waals surface area contributed by atoms with Gasteiger partial charge in [-0.2, -0.15) is 9.97 Å². The van der Waals surface area contributed by atoms with Crippen molar-refractivity contribution in [2.24, 2.45) is 5.73 Å². The summed E-state index contributed by atoms with van der Waals surface area (Å²) in [4.78, 5) is 23.6. The summed E-state index contributed by atoms with van der Waals surface area (Å²) in [5, 5.41) is 0. The molecule has 0 radical (unpaired) electrons. The van der Waals surface area contributed by atoms with Crippen LogP contribution in [0.2, 0.25) is 0 Å². The van der Waals surface area contributed by atoms with Crippen molar-refractivity contribution < 1.29 is 0 Å². The van der Waals surface area contributed by atoms with Gasteiger partial charge in [-0.1, -0.05) is 0 Å². The smallest absolute Gasteiger partial charge is 0.349 e. The van der Waals surface area contributed by atoms with Gasteiger partial charge in [0.25, 0.3) is 0 Å². The predicted molar refractivity (Wildman–Crippen MR) is 70.0 cm³/mol. The molecule has 7 nitrogen and oxygen atoms in total. The summed E-state index contributed by atoms with van der Waals surface area (Å²) < 4.78 is 0. The van der Waals surface area contributed by atoms with Crippen LogP contribution in [0.3, 0.4) is 0 Å². The Morgan fingerprint density at radius 2 is 1.94 bits per heavy atom. The summed E-state index contributed by atoms with van der Waals surface area (Å²) in [5.41, 5.74) is 12.0. The van der Waals surface area contributed by atoms with Crippen molar-refractivity contribution in [3.63, 3.8) is 0 Å². The minimum absolute atomic E-state index is 0.227. The van der Waals surface area contributed by atoms with Gasteiger partial charge in [-0.25, -0.2) is 4.79 Å². The predicted octanol–water partition coefficient (Wildman–Crippen LogP) is -0.233. The van der Waals surface area contributed by atoms with Crippen LogP contribution in [0.25, 0.3) is 11.4 Å². The fraction of sp³-hybridized carbons (Fsp3) is 0.182. The van der Waals surface area contributed by atoms with Crippen molar-refractivity contribution in [2.45, 2.75) is 0 Å². The third kappa shape index (κ3) is 2.46. The normalized spacial score (nSPS) is 10.3. The molecule has 1 aromatic heterocycles. The van der Waals surface area contributed by atoms with Crippen LogP contribution < -0.4 is 22.1 Å². The topological polar surface area (TPSA) is 114 Å². The maximum Gasteiger partial charge on any atom is 0.349 e. The Labute approximate surface area is 103 Å². The van der Waals surface area contributed by atoms with Crippen LogP contribution in [0, 0.1) is 0 Å². The van der Waals surface area contributed by atoms with Crippen LogP contribution in [0.1, 0.15) is 0 Å². The number of nitrogens with zero attached hydrogens (tertiary/aromatic N) is 3. The molecule has 1 aromatic carbocycles. The monoisotopic (exact) mass is 246 g/mol. The van der Waals surface area contributed by atoms with E-state index in [2.05, 4.69) is 15.0 Å². The van der Waals surface area contributed by atoms with Gasteiger partial charge in [0, 0.05) is 18.3 Å². The molecule has 2 rings (SSSR count). The minimum atomic E-state index is -0.466. The fourth-order valence-electron chi connectivity index (χ4n) is 1.40. The quantitative estimate of drug-likeness (QED) is 0.509. The first-order valence-electron chi connectivity index (χ1n) is 5.35. The van der Waals surface area contributed by atoms with Crippen LogP contribution in [0.4, 0.5) is 11.6 Å². The number of hydrogen-bond donors (Lipinski definition) is 3. The number of hydrogen-bond acceptors (Lipinski definition) is 6. The van der Waals surface area contributed by atoms with Gasteiger partial charge in [0.1, 0.15) is 5.82 Å². The number of aromatic amines is 1. The number of nitrogens with two attached hydrogens (primary N) is 2. The number of anilines is 2. The summed E-state index contributed by atoms with van der Waals surface area (Å²) in [6.45, 7) is 0.227. The van der Waals surface area contributed by atoms with E-state index in [4.69, 9.17) is 11.5 Å². The average molecular weight is 246 g/mol. The highest BCUT2D eigenvalue weighted by Gasteiger charge is 2.08. The Morgan fingerprint density at radius 3 is 2.56 bits per heavy atom. The Balaban J connectivity index is 2.48. The number of H-pyrrole nitrogens is 1. The third-order valence-electron chi connectivity index (χ3n) is 2.44. The molecule has 18 heavy (non-hydrogen) atoms. The van der Waals surface area contributed by atoms with Crippen molar-refractivity contribution in [2.75, 3.05) is 24.3 Å². The molecule has 2 aromatic rings. The van der Waals surface area contributed by atoms with Crippen molar-refractivity contribution in [1.82, 2.24) is 15.0 Å². The van der Waals surface area contributed by atoms with Gasteiger partial charge in [-0.3, -0.25) is 4.98 Å². The van der Waals surface area contributed by atoms with Gasteiger partial charge in [0.2, 0.25) is 5.95 Å². The largest absolute Gasteiger partial charge is 0.399 e. The minimum Gasteiger partial charge on any atom is -0.399 e. The summed E-state index contributed by atoms with van der Waals surface area (Å²) in [7, 11) is 1.71. The molecule has 0 unspecified atom stereocenters. The summed E-state index contributed by atoms with van der Waals surface area (Å²) in [5.74, 6) is 0.721. The third-order valence-corrected chi connectivity index (χ3v) is 2.44. The van der Waals surface area contributed by atoms with Crippen molar-refractivity contribution in [3.05, 3.63) is 34.7 Å². The number of rotatable bonds is 3. The van der Waals surface area contributed by atoms with Crippen molar-refractivity contribution in [1.29, 1.82) is 0 Å². The lowest BCUT2D eigenvalue weighted by molar-refractivity contribution is 0.851. The molecular weight excluding hydrogens is 232 g/mol. The van der Waals surface area contributed by atoms with Gasteiger partial charge < -0.3 is 16.4 Å². The molecule has 0 atom stereocenters. The van der Waals surface area contributed by atoms with E-state index in [-0.39, 0.29) is 12.6 Å². The van der Waals surface area contributed by atoms with E-state index in [1.165, 1.54) is 0 Å². The zero-order valence-electron chi connectivity index (χ0n) is 9.92. The number of nitrogen functional groups attached to an aromatic ring is 1. The summed E-state index contributed by atoms with van der Waals surface area (Å²) >= 11 is 0. The van der Waals surface area contributed by atoms with Crippen LogP contribution in [0.15, 0.2) is 29.1 Å². The molecule has 0 aliphatic rings. The van der Waals surface area contributed by atoms with E-state index in [9.17, 15) is 4.79 Å². The molecule has 94 valence electrons. The second-order valence-corrected chi connectivity index (χ2v) is 3.80. The highest BCUT2D eigenvalue weighted by Crippen LogP contribution is 2.16. The summed E-state index contributed by atoms with van der Waals surface area (Å²) in [6, 6.07) is 7.03. The fourth-order valence-corrected chi connectivity index (χ4v) is 1.40. The number of benzene rings is 1. The molecular formula is C11H14N6O. The van der Waals surface area contributed by atoms with Crippen molar-refractivity contribution >= 4 is 11.6 Å². The van der Waals surface area contributed by atoms with Gasteiger partial charge in [0.05, 0.1) is 6.67 Å². The average Bonchev–Trinajstić information content (AvgIpc) is 2.38. The molecule has 5 N–H and O–H groups in total. The SMILES string of the molecule is CN(CN)c1nc(-c2ccc(N)cc2)[nH]c(=O)n1. The van der Waals surface area contributed by atoms with Crippen LogP contribution in [0.5, 0.6) is 0 Å². The summed E-state index contributed by atoms with van der Waals surface area (Å²) in [6.07, 6.45) is 0. The lowest BCUT2D eigenvalue weighted by Crippen LogP contribution is -2.29. The molecule has 1 heterocycles. The molecule has 0 amide bonds. The Hall–Kier alpha value is -2.41. The Morgan fingerprint density at radius 1 is 1.28 bits per heavy atom. The van der Waals surface area contributed by atoms with Crippen molar-refractivity contribution in [3.8, 4) is 11.4 Å². The number of nitrogens with one attached hydrogen (secondary N) is 1. The zero-order chi connectivity index (χ0) is 13.1. The molecule has 0 aliphatic carbocycles. The lowest BCUT2D eigenvalue weighted by Gasteiger charge is -2.13. The van der Waals surface area contributed by atoms with Crippen LogP contribution >= 0.6 is 0 Å². The van der Waals surface area contributed by atoms with Gasteiger partial charge in [-0.15, -0.1) is 0 Å². The Kier molecular flexibility index (Phi) is 3.24. The first-order valence-corrected chi connectivity index (χ1v) is 5.35. The second kappa shape index (κ2) is 4.84. The first kappa shape index (κ1) is 12.1.